The van der Waals surface area contributed by atoms with Gasteiger partial charge in [-0.05, 0) is 43.9 Å². The third kappa shape index (κ3) is 4.27. The number of nitrogens with zero attached hydrogens (tertiary/aromatic N) is 5. The molecule has 1 fully saturated rings. The van der Waals surface area contributed by atoms with E-state index in [-0.39, 0.29) is 23.6 Å². The number of methoxy groups -OCH3 is 2. The summed E-state index contributed by atoms with van der Waals surface area (Å²) >= 11 is 0. The van der Waals surface area contributed by atoms with E-state index in [4.69, 9.17) is 19.2 Å². The molecule has 0 spiro atoms. The van der Waals surface area contributed by atoms with Crippen LogP contribution in [0.15, 0.2) is 30.7 Å². The number of pyridine rings is 2. The van der Waals surface area contributed by atoms with Gasteiger partial charge in [0, 0.05) is 18.0 Å². The molecule has 4 heterocycles. The Morgan fingerprint density at radius 1 is 1.14 bits per heavy atom. The number of aromatic nitrogens is 5. The van der Waals surface area contributed by atoms with Gasteiger partial charge in [0.05, 0.1) is 37.2 Å². The van der Waals surface area contributed by atoms with Gasteiger partial charge in [0.2, 0.25) is 11.8 Å². The maximum Gasteiger partial charge on any atom is 0.408 e. The summed E-state index contributed by atoms with van der Waals surface area (Å²) in [5.74, 6) is 0.815. The van der Waals surface area contributed by atoms with E-state index in [9.17, 15) is 18.3 Å². The van der Waals surface area contributed by atoms with E-state index < -0.39 is 12.7 Å². The molecule has 190 valence electrons. The average molecular weight is 503 g/mol. The molecule has 0 atom stereocenters. The van der Waals surface area contributed by atoms with Gasteiger partial charge in [-0.25, -0.2) is 14.5 Å². The number of hydrogen-bond donors (Lipinski definition) is 1. The van der Waals surface area contributed by atoms with Gasteiger partial charge in [0.15, 0.2) is 5.75 Å². The van der Waals surface area contributed by atoms with E-state index in [0.29, 0.717) is 39.4 Å². The number of alkyl halides is 3. The molecule has 12 heteroatoms. The lowest BCUT2D eigenvalue weighted by Crippen LogP contribution is -2.25. The summed E-state index contributed by atoms with van der Waals surface area (Å²) in [5.41, 5.74) is 2.52. The van der Waals surface area contributed by atoms with Gasteiger partial charge in [-0.3, -0.25) is 4.68 Å². The summed E-state index contributed by atoms with van der Waals surface area (Å²) in [7, 11) is 3.00. The smallest absolute Gasteiger partial charge is 0.408 e. The molecule has 1 aliphatic rings. The molecule has 0 aliphatic heterocycles. The Kier molecular flexibility index (Phi) is 5.89. The van der Waals surface area contributed by atoms with Crippen molar-refractivity contribution in [2.45, 2.75) is 45.0 Å². The first-order valence-corrected chi connectivity index (χ1v) is 11.3. The van der Waals surface area contributed by atoms with Crippen molar-refractivity contribution in [3.63, 3.8) is 0 Å². The Morgan fingerprint density at radius 3 is 2.56 bits per heavy atom. The number of ether oxygens (including phenoxy) is 3. The summed E-state index contributed by atoms with van der Waals surface area (Å²) in [5, 5.41) is 15.5. The topological polar surface area (TPSA) is 96.5 Å². The first-order valence-electron chi connectivity index (χ1n) is 11.3. The summed E-state index contributed by atoms with van der Waals surface area (Å²) < 4.78 is 57.6. The van der Waals surface area contributed by atoms with Crippen molar-refractivity contribution in [1.29, 1.82) is 0 Å². The second-order valence-electron chi connectivity index (χ2n) is 8.63. The molecule has 4 aromatic heterocycles. The molecule has 1 saturated carbocycles. The van der Waals surface area contributed by atoms with E-state index in [1.807, 2.05) is 6.92 Å². The molecule has 0 saturated heterocycles. The third-order valence-corrected chi connectivity index (χ3v) is 6.13. The first kappa shape index (κ1) is 23.8. The number of halogens is 3. The maximum absolute atomic E-state index is 12.9. The van der Waals surface area contributed by atoms with Crippen LogP contribution in [0, 0.1) is 6.92 Å². The van der Waals surface area contributed by atoms with Crippen molar-refractivity contribution in [2.24, 2.45) is 0 Å². The van der Waals surface area contributed by atoms with Crippen LogP contribution in [-0.4, -0.2) is 55.9 Å². The fourth-order valence-electron chi connectivity index (χ4n) is 4.18. The third-order valence-electron chi connectivity index (χ3n) is 6.13. The lowest BCUT2D eigenvalue weighted by Gasteiger charge is -2.26. The monoisotopic (exact) mass is 503 g/mol. The zero-order valence-corrected chi connectivity index (χ0v) is 19.8. The molecule has 0 amide bonds. The van der Waals surface area contributed by atoms with Crippen molar-refractivity contribution in [2.75, 3.05) is 14.2 Å². The van der Waals surface area contributed by atoms with Crippen molar-refractivity contribution in [3.8, 4) is 40.3 Å². The van der Waals surface area contributed by atoms with Crippen LogP contribution in [0.25, 0.3) is 27.8 Å². The van der Waals surface area contributed by atoms with E-state index in [2.05, 4.69) is 10.1 Å². The molecule has 9 nitrogen and oxygen atoms in total. The molecule has 36 heavy (non-hydrogen) atoms. The highest BCUT2D eigenvalue weighted by molar-refractivity contribution is 5.95. The van der Waals surface area contributed by atoms with Crippen LogP contribution in [0.2, 0.25) is 0 Å². The van der Waals surface area contributed by atoms with Crippen LogP contribution in [0.3, 0.4) is 0 Å². The number of aromatic hydroxyl groups is 1. The molecule has 0 aromatic carbocycles. The molecule has 0 bridgehead atoms. The predicted octanol–water partition coefficient (Wildman–Crippen LogP) is 4.81. The van der Waals surface area contributed by atoms with Gasteiger partial charge in [0.1, 0.15) is 18.2 Å². The summed E-state index contributed by atoms with van der Waals surface area (Å²) in [6.07, 6.45) is 2.23. The standard InChI is InChI=1S/C24H24F3N5O4/c1-13-7-17(14-8-18(34-2)21(35-3)28-9-14)30-20-19(13)22(33)32(23(20)36-16-5-4-6-16)15-10-29-31(11-15)12-24(25,26)27/h7-11,16,33H,4-6,12H2,1-3H3. The summed E-state index contributed by atoms with van der Waals surface area (Å²) in [6, 6.07) is 3.53. The molecule has 1 aliphatic carbocycles. The summed E-state index contributed by atoms with van der Waals surface area (Å²) in [6.45, 7) is 0.563. The fraction of sp³-hybridized carbons (Fsp3) is 0.375. The zero-order valence-electron chi connectivity index (χ0n) is 19.8. The molecule has 4 aromatic rings. The minimum Gasteiger partial charge on any atom is -0.494 e. The highest BCUT2D eigenvalue weighted by atomic mass is 19.4. The second kappa shape index (κ2) is 8.92. The predicted molar refractivity (Wildman–Crippen MR) is 124 cm³/mol. The Balaban J connectivity index is 1.67. The van der Waals surface area contributed by atoms with Gasteiger partial charge in [0.25, 0.3) is 5.88 Å². The number of fused-ring (bicyclic) bond motifs is 1. The molecule has 0 radical (unpaired) electrons. The Labute approximate surface area is 204 Å². The number of hydrogen-bond acceptors (Lipinski definition) is 7. The molecular weight excluding hydrogens is 479 g/mol. The van der Waals surface area contributed by atoms with E-state index in [1.165, 1.54) is 31.2 Å². The Bertz CT molecular complexity index is 1430. The molecular formula is C24H24F3N5O4. The zero-order chi connectivity index (χ0) is 25.6. The fourth-order valence-corrected chi connectivity index (χ4v) is 4.18. The molecule has 1 N–H and O–H groups in total. The maximum atomic E-state index is 12.9. The summed E-state index contributed by atoms with van der Waals surface area (Å²) in [4.78, 5) is 9.05. The van der Waals surface area contributed by atoms with Crippen molar-refractivity contribution in [3.05, 3.63) is 36.3 Å². The van der Waals surface area contributed by atoms with Gasteiger partial charge in [-0.15, -0.1) is 0 Å². The van der Waals surface area contributed by atoms with Gasteiger partial charge in [-0.1, -0.05) is 0 Å². The van der Waals surface area contributed by atoms with Crippen LogP contribution in [0.1, 0.15) is 24.8 Å². The Morgan fingerprint density at radius 2 is 1.92 bits per heavy atom. The lowest BCUT2D eigenvalue weighted by atomic mass is 9.96. The minimum atomic E-state index is -4.43. The highest BCUT2D eigenvalue weighted by Gasteiger charge is 2.31. The quantitative estimate of drug-likeness (QED) is 0.387. The first-order chi connectivity index (χ1) is 17.2. The van der Waals surface area contributed by atoms with Crippen molar-refractivity contribution >= 4 is 10.9 Å². The van der Waals surface area contributed by atoms with Crippen molar-refractivity contribution < 1.29 is 32.5 Å². The highest BCUT2D eigenvalue weighted by Crippen LogP contribution is 2.43. The van der Waals surface area contributed by atoms with Crippen LogP contribution >= 0.6 is 0 Å². The normalized spacial score (nSPS) is 14.2. The van der Waals surface area contributed by atoms with Gasteiger partial charge < -0.3 is 19.3 Å². The largest absolute Gasteiger partial charge is 0.494 e. The van der Waals surface area contributed by atoms with Gasteiger partial charge >= 0.3 is 6.18 Å². The number of aryl methyl sites for hydroxylation is 1. The second-order valence-corrected chi connectivity index (χ2v) is 8.63. The van der Waals surface area contributed by atoms with Gasteiger partial charge in [-0.2, -0.15) is 18.3 Å². The lowest BCUT2D eigenvalue weighted by molar-refractivity contribution is -0.142. The molecule has 0 unspecified atom stereocenters. The SMILES string of the molecule is COc1cc(-c2cc(C)c3c(O)n(-c4cnn(CC(F)(F)F)c4)c(OC4CCC4)c3n2)cnc1OC. The van der Waals surface area contributed by atoms with Crippen LogP contribution in [-0.2, 0) is 6.54 Å². The molecule has 5 rings (SSSR count). The van der Waals surface area contributed by atoms with E-state index in [0.717, 1.165) is 23.9 Å². The van der Waals surface area contributed by atoms with E-state index in [1.54, 1.807) is 18.3 Å². The Hall–Kier alpha value is -3.96. The minimum absolute atomic E-state index is 0.0834. The van der Waals surface area contributed by atoms with E-state index >= 15 is 0 Å². The van der Waals surface area contributed by atoms with Crippen LogP contribution in [0.5, 0.6) is 23.4 Å². The average Bonchev–Trinajstić information content (AvgIpc) is 3.36. The number of rotatable bonds is 7. The van der Waals surface area contributed by atoms with Crippen LogP contribution < -0.4 is 14.2 Å². The van der Waals surface area contributed by atoms with Crippen molar-refractivity contribution in [1.82, 2.24) is 24.3 Å². The van der Waals surface area contributed by atoms with Crippen LogP contribution in [0.4, 0.5) is 13.2 Å².